The number of hydrogen-bond acceptors (Lipinski definition) is 1. The molecule has 0 bridgehead atoms. The van der Waals surface area contributed by atoms with Gasteiger partial charge < -0.3 is 0 Å². The third-order valence-electron chi connectivity index (χ3n) is 0. The summed E-state index contributed by atoms with van der Waals surface area (Å²) in [5.74, 6) is 0. The van der Waals surface area contributed by atoms with Gasteiger partial charge in [-0.1, -0.05) is 0 Å². The molecule has 3 radical (unpaired) electrons. The van der Waals surface area contributed by atoms with Crippen LogP contribution < -0.4 is 0 Å². The maximum absolute atomic E-state index is 8.06. The van der Waals surface area contributed by atoms with Gasteiger partial charge in [-0.25, -0.2) is 0 Å². The molecule has 0 unspecified atom stereocenters. The maximum atomic E-state index is 8.06. The van der Waals surface area contributed by atoms with Crippen molar-refractivity contribution >= 4 is 48.9 Å². The second kappa shape index (κ2) is 24.7. The molecular formula is AgBaCuDyO. The van der Waals surface area contributed by atoms with E-state index in [1.807, 2.05) is 0 Å². The van der Waals surface area contributed by atoms with Crippen LogP contribution in [0.2, 0.25) is 0 Å². The van der Waals surface area contributed by atoms with Crippen molar-refractivity contribution in [2.75, 3.05) is 0 Å². The molecule has 0 atom stereocenters. The van der Waals surface area contributed by atoms with Gasteiger partial charge in [0, 0.05) is 104 Å². The van der Waals surface area contributed by atoms with Crippen LogP contribution in [0.25, 0.3) is 0 Å². The van der Waals surface area contributed by atoms with Gasteiger partial charge in [0.1, 0.15) is 0 Å². The Kier molecular flexibility index (Phi) is 114. The molecular weight excluding hydrogens is 487 g/mol. The van der Waals surface area contributed by atoms with Crippen LogP contribution in [0.3, 0.4) is 0 Å². The molecule has 0 aromatic carbocycles. The Morgan fingerprint density at radius 2 is 1.20 bits per heavy atom. The molecule has 0 N–H and O–H groups in total. The van der Waals surface area contributed by atoms with Gasteiger partial charge in [0.25, 0.3) is 0 Å². The molecule has 0 heterocycles. The molecule has 0 amide bonds. The van der Waals surface area contributed by atoms with Crippen LogP contribution in [0, 0.1) is 38.2 Å². The van der Waals surface area contributed by atoms with E-state index in [4.69, 9.17) is 3.25 Å². The molecule has 0 fully saturated rings. The fourth-order valence-corrected chi connectivity index (χ4v) is 0. The normalized spacial score (nSPS) is 1.20. The van der Waals surface area contributed by atoms with Gasteiger partial charge in [0.15, 0.2) is 0 Å². The van der Waals surface area contributed by atoms with Gasteiger partial charge in [0.05, 0.1) is 0 Å². The Morgan fingerprint density at radius 1 is 1.20 bits per heavy atom. The topological polar surface area (TPSA) is 17.1 Å². The standard InChI is InChI=1S/Ag.Ba.Cu.Dy.O. The van der Waals surface area contributed by atoms with Crippen LogP contribution in [0.5, 0.6) is 0 Å². The first kappa shape index (κ1) is 23.1. The molecule has 5 heteroatoms. The van der Waals surface area contributed by atoms with E-state index in [2.05, 4.69) is 0 Å². The average Bonchev–Trinajstić information content (AvgIpc) is 1.00. The fraction of sp³-hybridized carbons (Fsp3) is 0. The second-order valence-corrected chi connectivity index (χ2v) is 0. The summed E-state index contributed by atoms with van der Waals surface area (Å²) in [7, 11) is 0. The first-order valence-corrected chi connectivity index (χ1v) is 0.728. The van der Waals surface area contributed by atoms with Gasteiger partial charge in [-0.15, -0.1) is 0 Å². The van der Waals surface area contributed by atoms with E-state index in [-0.39, 0.29) is 104 Å². The average molecular weight is 487 g/mol. The van der Waals surface area contributed by atoms with E-state index in [0.29, 0.717) is 0 Å². The summed E-state index contributed by atoms with van der Waals surface area (Å²) >= 11 is 1.70. The van der Waals surface area contributed by atoms with Gasteiger partial charge >= 0.3 is 24.3 Å². The zero-order valence-electron chi connectivity index (χ0n) is 2.03. The molecule has 0 aliphatic rings. The third kappa shape index (κ3) is 18.1. The first-order valence-electron chi connectivity index (χ1n) is 0.123. The Bertz CT molecular complexity index is 11.6. The van der Waals surface area contributed by atoms with E-state index >= 15 is 0 Å². The first-order chi connectivity index (χ1) is 1.00. The molecule has 0 aromatic rings. The van der Waals surface area contributed by atoms with Crippen molar-refractivity contribution in [3.8, 4) is 0 Å². The van der Waals surface area contributed by atoms with Gasteiger partial charge in [-0.3, -0.25) is 0 Å². The molecule has 0 saturated carbocycles. The fourth-order valence-electron chi connectivity index (χ4n) is 0. The molecule has 0 aromatic heterocycles. The quantitative estimate of drug-likeness (QED) is 0.422. The molecule has 0 saturated heterocycles. The minimum atomic E-state index is 0. The Balaban J connectivity index is -0.00000000167. The van der Waals surface area contributed by atoms with Crippen molar-refractivity contribution in [3.63, 3.8) is 0 Å². The molecule has 0 aliphatic carbocycles. The monoisotopic (exact) mass is 488 g/mol. The van der Waals surface area contributed by atoms with Crippen molar-refractivity contribution in [1.82, 2.24) is 0 Å². The summed E-state index contributed by atoms with van der Waals surface area (Å²) in [6, 6.07) is 0. The zero-order valence-corrected chi connectivity index (χ0v) is 10.9. The molecule has 0 spiro atoms. The summed E-state index contributed by atoms with van der Waals surface area (Å²) in [6.07, 6.45) is 0. The van der Waals surface area contributed by atoms with Crippen LogP contribution >= 0.6 is 0 Å². The summed E-state index contributed by atoms with van der Waals surface area (Å²) in [5.41, 5.74) is 0. The molecule has 5 heavy (non-hydrogen) atoms. The van der Waals surface area contributed by atoms with Crippen molar-refractivity contribution in [2.24, 2.45) is 0 Å². The molecule has 0 rings (SSSR count). The summed E-state index contributed by atoms with van der Waals surface area (Å²) < 4.78 is 8.06. The van der Waals surface area contributed by atoms with Crippen molar-refractivity contribution in [3.05, 3.63) is 0 Å². The Morgan fingerprint density at radius 3 is 1.20 bits per heavy atom. The van der Waals surface area contributed by atoms with Gasteiger partial charge in [-0.2, -0.15) is 0 Å². The summed E-state index contributed by atoms with van der Waals surface area (Å²) in [4.78, 5) is 0. The van der Waals surface area contributed by atoms with Crippen LogP contribution in [-0.4, -0.2) is 48.9 Å². The van der Waals surface area contributed by atoms with E-state index in [9.17, 15) is 0 Å². The van der Waals surface area contributed by atoms with Crippen molar-refractivity contribution in [2.45, 2.75) is 0 Å². The van der Waals surface area contributed by atoms with Crippen LogP contribution in [-0.2, 0) is 41.4 Å². The summed E-state index contributed by atoms with van der Waals surface area (Å²) in [5, 5.41) is 0. The number of rotatable bonds is 0. The molecule has 1 nitrogen and oxygen atoms in total. The van der Waals surface area contributed by atoms with E-state index in [0.717, 1.165) is 0 Å². The SMILES string of the molecule is [Ba].[Cu].[Dy].[O]=[Ag]. The van der Waals surface area contributed by atoms with Crippen molar-refractivity contribution in [1.29, 1.82) is 0 Å². The summed E-state index contributed by atoms with van der Waals surface area (Å²) in [6.45, 7) is 0. The minimum absolute atomic E-state index is 0. The molecule has 0 aliphatic heterocycles. The van der Waals surface area contributed by atoms with E-state index in [1.54, 1.807) is 21.0 Å². The van der Waals surface area contributed by atoms with Crippen LogP contribution in [0.4, 0.5) is 0 Å². The van der Waals surface area contributed by atoms with E-state index < -0.39 is 0 Å². The predicted octanol–water partition coefficient (Wildman–Crippen LogP) is -0.505. The predicted molar refractivity (Wildman–Crippen MR) is 6.44 cm³/mol. The van der Waals surface area contributed by atoms with Crippen molar-refractivity contribution < 1.29 is 79.5 Å². The molecule has 40 valence electrons. The third-order valence-corrected chi connectivity index (χ3v) is 0. The zero-order chi connectivity index (χ0) is 2.00. The Labute approximate surface area is 125 Å². The second-order valence-electron chi connectivity index (χ2n) is 0. The number of hydrogen-bond donors (Lipinski definition) is 0. The Hall–Kier alpha value is 3.90. The van der Waals surface area contributed by atoms with Crippen LogP contribution in [0.15, 0.2) is 0 Å². The van der Waals surface area contributed by atoms with E-state index in [1.165, 1.54) is 0 Å². The van der Waals surface area contributed by atoms with Gasteiger partial charge in [0.2, 0.25) is 0 Å². The van der Waals surface area contributed by atoms with Gasteiger partial charge in [-0.05, 0) is 0 Å². The van der Waals surface area contributed by atoms with Crippen LogP contribution in [0.1, 0.15) is 0 Å².